The molecule has 0 saturated carbocycles. The van der Waals surface area contributed by atoms with E-state index in [-0.39, 0.29) is 32.9 Å². The Hall–Kier alpha value is -3.66. The molecule has 4 rings (SSSR count). The third kappa shape index (κ3) is 3.03. The summed E-state index contributed by atoms with van der Waals surface area (Å²) in [6, 6.07) is 11.6. The van der Waals surface area contributed by atoms with Crippen LogP contribution in [0.2, 0.25) is 0 Å². The molecule has 0 radical (unpaired) electrons. The molecular weight excluding hydrogens is 396 g/mol. The first-order chi connectivity index (χ1) is 13.8. The number of sulfonamides is 1. The number of hydrogen-bond acceptors (Lipinski definition) is 7. The van der Waals surface area contributed by atoms with Gasteiger partial charge in [0.2, 0.25) is 0 Å². The Morgan fingerprint density at radius 3 is 2.69 bits per heavy atom. The fourth-order valence-electron chi connectivity index (χ4n) is 3.35. The van der Waals surface area contributed by atoms with Crippen molar-refractivity contribution in [2.45, 2.75) is 18.2 Å². The van der Waals surface area contributed by atoms with Gasteiger partial charge in [-0.25, -0.2) is 17.8 Å². The zero-order valence-corrected chi connectivity index (χ0v) is 16.0. The van der Waals surface area contributed by atoms with Crippen LogP contribution >= 0.6 is 0 Å². The van der Waals surface area contributed by atoms with Gasteiger partial charge in [-0.1, -0.05) is 37.3 Å². The number of carbonyl (C=O) groups is 1. The van der Waals surface area contributed by atoms with Gasteiger partial charge in [0.1, 0.15) is 10.4 Å². The highest BCUT2D eigenvalue weighted by Gasteiger charge is 2.28. The fourth-order valence-corrected chi connectivity index (χ4v) is 4.77. The highest BCUT2D eigenvalue weighted by molar-refractivity contribution is 7.93. The van der Waals surface area contributed by atoms with Crippen LogP contribution in [0.25, 0.3) is 21.8 Å². The lowest BCUT2D eigenvalue weighted by atomic mass is 10.0. The number of carboxylic acids is 1. The lowest BCUT2D eigenvalue weighted by Gasteiger charge is -2.16. The molecule has 148 valence electrons. The molecule has 1 aromatic heterocycles. The zero-order chi connectivity index (χ0) is 20.8. The third-order valence-corrected chi connectivity index (χ3v) is 6.11. The van der Waals surface area contributed by atoms with Crippen molar-refractivity contribution in [3.63, 3.8) is 0 Å². The molecule has 0 aliphatic carbocycles. The molecule has 3 aromatic carbocycles. The molecule has 0 fully saturated rings. The summed E-state index contributed by atoms with van der Waals surface area (Å²) in [4.78, 5) is 11.8. The van der Waals surface area contributed by atoms with E-state index >= 15 is 0 Å². The van der Waals surface area contributed by atoms with Crippen molar-refractivity contribution in [1.29, 1.82) is 0 Å². The summed E-state index contributed by atoms with van der Waals surface area (Å²) in [5, 5.41) is 18.2. The number of anilines is 2. The van der Waals surface area contributed by atoms with Crippen molar-refractivity contribution in [3.05, 3.63) is 53.6 Å². The quantitative estimate of drug-likeness (QED) is 0.424. The van der Waals surface area contributed by atoms with E-state index in [1.807, 2.05) is 0 Å². The molecule has 9 nitrogen and oxygen atoms in total. The van der Waals surface area contributed by atoms with Crippen molar-refractivity contribution in [3.8, 4) is 0 Å². The van der Waals surface area contributed by atoms with Gasteiger partial charge in [0.05, 0.1) is 16.9 Å². The highest BCUT2D eigenvalue weighted by atomic mass is 32.2. The number of benzene rings is 3. The second-order valence-electron chi connectivity index (χ2n) is 6.39. The first-order valence-electron chi connectivity index (χ1n) is 8.65. The number of aryl methyl sites for hydroxylation is 1. The molecule has 0 aliphatic rings. The summed E-state index contributed by atoms with van der Waals surface area (Å²) in [7, 11) is -4.27. The molecule has 0 aliphatic heterocycles. The van der Waals surface area contributed by atoms with Crippen molar-refractivity contribution < 1.29 is 22.9 Å². The van der Waals surface area contributed by atoms with Crippen LogP contribution in [-0.4, -0.2) is 29.8 Å². The van der Waals surface area contributed by atoms with E-state index in [1.54, 1.807) is 37.3 Å². The average molecular weight is 412 g/mol. The number of nitrogens with zero attached hydrogens (tertiary/aromatic N) is 2. The van der Waals surface area contributed by atoms with Crippen LogP contribution < -0.4 is 10.5 Å². The van der Waals surface area contributed by atoms with Crippen LogP contribution in [0.15, 0.2) is 52.0 Å². The van der Waals surface area contributed by atoms with Gasteiger partial charge in [-0.15, -0.1) is 0 Å². The summed E-state index contributed by atoms with van der Waals surface area (Å²) < 4.78 is 33.7. The Bertz CT molecular complexity index is 1380. The summed E-state index contributed by atoms with van der Waals surface area (Å²) in [6.07, 6.45) is 0.343. The highest BCUT2D eigenvalue weighted by Crippen LogP contribution is 2.34. The predicted molar refractivity (Wildman–Crippen MR) is 107 cm³/mol. The van der Waals surface area contributed by atoms with E-state index in [1.165, 1.54) is 12.1 Å². The Morgan fingerprint density at radius 1 is 1.21 bits per heavy atom. The molecule has 0 saturated heterocycles. The molecule has 4 aromatic rings. The Balaban J connectivity index is 1.99. The number of rotatable bonds is 5. The maximum atomic E-state index is 13.3. The number of fused-ring (bicyclic) bond motifs is 2. The molecular formula is C19H16N4O5S. The second kappa shape index (κ2) is 6.74. The number of hydrogen-bond donors (Lipinski definition) is 3. The van der Waals surface area contributed by atoms with Gasteiger partial charge in [0.25, 0.3) is 10.0 Å². The first-order valence-corrected chi connectivity index (χ1v) is 10.1. The van der Waals surface area contributed by atoms with Crippen molar-refractivity contribution >= 4 is 49.2 Å². The fraction of sp³-hybridized carbons (Fsp3) is 0.105. The van der Waals surface area contributed by atoms with Gasteiger partial charge >= 0.3 is 5.97 Å². The molecule has 0 amide bonds. The number of nitrogen functional groups attached to an aromatic ring is 1. The van der Waals surface area contributed by atoms with Crippen LogP contribution in [0.4, 0.5) is 11.4 Å². The number of carboxylic acid groups (broad SMARTS) is 1. The normalized spacial score (nSPS) is 11.8. The van der Waals surface area contributed by atoms with Gasteiger partial charge in [0.15, 0.2) is 5.52 Å². The van der Waals surface area contributed by atoms with Crippen molar-refractivity contribution in [2.75, 3.05) is 10.5 Å². The number of nitrogens with one attached hydrogen (secondary N) is 1. The number of nitrogens with two attached hydrogens (primary N) is 1. The molecule has 1 heterocycles. The van der Waals surface area contributed by atoms with Crippen molar-refractivity contribution in [1.82, 2.24) is 10.3 Å². The van der Waals surface area contributed by atoms with Crippen LogP contribution in [0.3, 0.4) is 0 Å². The van der Waals surface area contributed by atoms with Gasteiger partial charge in [0, 0.05) is 5.39 Å². The molecule has 0 spiro atoms. The summed E-state index contributed by atoms with van der Waals surface area (Å²) in [6.45, 7) is 1.75. The smallest absolute Gasteiger partial charge is 0.338 e. The predicted octanol–water partition coefficient (Wildman–Crippen LogP) is 3.02. The lowest BCUT2D eigenvalue weighted by molar-refractivity contribution is 0.0697. The minimum Gasteiger partial charge on any atom is -0.478 e. The van der Waals surface area contributed by atoms with Gasteiger partial charge in [-0.05, 0) is 39.8 Å². The largest absolute Gasteiger partial charge is 0.478 e. The van der Waals surface area contributed by atoms with Crippen LogP contribution in [-0.2, 0) is 16.4 Å². The van der Waals surface area contributed by atoms with Gasteiger partial charge in [-0.3, -0.25) is 4.72 Å². The summed E-state index contributed by atoms with van der Waals surface area (Å²) in [5.41, 5.74) is 6.25. The maximum absolute atomic E-state index is 13.3. The second-order valence-corrected chi connectivity index (χ2v) is 8.01. The molecule has 0 unspecified atom stereocenters. The zero-order valence-electron chi connectivity index (χ0n) is 15.2. The molecule has 29 heavy (non-hydrogen) atoms. The van der Waals surface area contributed by atoms with Crippen LogP contribution in [0.5, 0.6) is 0 Å². The molecule has 0 bridgehead atoms. The Labute approximate surface area is 165 Å². The molecule has 4 N–H and O–H groups in total. The first kappa shape index (κ1) is 18.7. The van der Waals surface area contributed by atoms with E-state index in [2.05, 4.69) is 15.0 Å². The molecule has 10 heteroatoms. The lowest BCUT2D eigenvalue weighted by Crippen LogP contribution is -2.19. The van der Waals surface area contributed by atoms with E-state index in [9.17, 15) is 18.3 Å². The van der Waals surface area contributed by atoms with Gasteiger partial charge < -0.3 is 10.8 Å². The van der Waals surface area contributed by atoms with Gasteiger partial charge in [-0.2, -0.15) is 0 Å². The van der Waals surface area contributed by atoms with E-state index in [4.69, 9.17) is 10.4 Å². The topological polar surface area (TPSA) is 148 Å². The average Bonchev–Trinajstić information content (AvgIpc) is 3.15. The standard InChI is InChI=1S/C19H16N4O5S/c1-2-10-9-14-16(22-28-21-14)17(15(10)19(24)25)23-29(26,27)18-12-6-4-3-5-11(12)7-8-13(18)20/h3-9,23H,2,20H2,1H3,(H,24,25). The Kier molecular flexibility index (Phi) is 4.35. The minimum absolute atomic E-state index is 0.00184. The van der Waals surface area contributed by atoms with E-state index < -0.39 is 16.0 Å². The third-order valence-electron chi connectivity index (χ3n) is 4.64. The minimum atomic E-state index is -4.27. The number of aromatic carboxylic acids is 1. The molecule has 0 atom stereocenters. The van der Waals surface area contributed by atoms with Crippen LogP contribution in [0, 0.1) is 0 Å². The van der Waals surface area contributed by atoms with E-state index in [0.717, 1.165) is 0 Å². The van der Waals surface area contributed by atoms with Crippen LogP contribution in [0.1, 0.15) is 22.8 Å². The van der Waals surface area contributed by atoms with E-state index in [0.29, 0.717) is 22.8 Å². The summed E-state index contributed by atoms with van der Waals surface area (Å²) >= 11 is 0. The summed E-state index contributed by atoms with van der Waals surface area (Å²) in [5.74, 6) is -1.30. The van der Waals surface area contributed by atoms with Crippen molar-refractivity contribution in [2.24, 2.45) is 0 Å². The SMILES string of the molecule is CCc1cc2nonc2c(NS(=O)(=O)c2c(N)ccc3ccccc23)c1C(=O)O. The number of aromatic nitrogens is 2. The maximum Gasteiger partial charge on any atom is 0.338 e. The Morgan fingerprint density at radius 2 is 1.97 bits per heavy atom. The monoisotopic (exact) mass is 412 g/mol.